The van der Waals surface area contributed by atoms with Crippen molar-refractivity contribution in [2.24, 2.45) is 0 Å². The molecule has 1 N–H and O–H groups in total. The molecule has 7 heteroatoms. The van der Waals surface area contributed by atoms with E-state index in [1.165, 1.54) is 0 Å². The number of carbonyl (C=O) groups is 3. The van der Waals surface area contributed by atoms with Crippen LogP contribution in [-0.2, 0) is 16.1 Å². The van der Waals surface area contributed by atoms with Crippen molar-refractivity contribution in [2.45, 2.75) is 32.9 Å². The van der Waals surface area contributed by atoms with E-state index >= 15 is 0 Å². The third-order valence-corrected chi connectivity index (χ3v) is 6.03. The smallest absolute Gasteiger partial charge is 0.321 e. The van der Waals surface area contributed by atoms with Crippen LogP contribution in [-0.4, -0.2) is 64.8 Å². The molecule has 4 amide bonds. The van der Waals surface area contributed by atoms with Crippen molar-refractivity contribution in [1.82, 2.24) is 14.7 Å². The predicted octanol–water partition coefficient (Wildman–Crippen LogP) is 2.78. The summed E-state index contributed by atoms with van der Waals surface area (Å²) in [6.45, 7) is 5.68. The first kappa shape index (κ1) is 20.9. The van der Waals surface area contributed by atoms with Crippen LogP contribution in [0.1, 0.15) is 23.1 Å². The minimum atomic E-state index is -0.510. The molecule has 2 aliphatic heterocycles. The molecule has 0 radical (unpaired) electrons. The van der Waals surface area contributed by atoms with Gasteiger partial charge < -0.3 is 20.0 Å². The lowest BCUT2D eigenvalue weighted by atomic mass is 10.1. The first-order chi connectivity index (χ1) is 14.9. The van der Waals surface area contributed by atoms with Crippen molar-refractivity contribution in [3.63, 3.8) is 0 Å². The van der Waals surface area contributed by atoms with Gasteiger partial charge in [0.25, 0.3) is 0 Å². The number of amides is 4. The Hall–Kier alpha value is -3.35. The van der Waals surface area contributed by atoms with Gasteiger partial charge in [0.15, 0.2) is 0 Å². The SMILES string of the molecule is Cc1ccc(NC(=O)N2CCC3C(=O)N(Cc4ccccc4)CC(=O)N3CC2)c(C)c1. The van der Waals surface area contributed by atoms with E-state index < -0.39 is 6.04 Å². The van der Waals surface area contributed by atoms with Gasteiger partial charge in [-0.05, 0) is 37.5 Å². The first-order valence-electron chi connectivity index (χ1n) is 10.7. The van der Waals surface area contributed by atoms with Crippen molar-refractivity contribution < 1.29 is 14.4 Å². The molecule has 4 rings (SSSR count). The molecule has 0 bridgehead atoms. The number of urea groups is 1. The average Bonchev–Trinajstić information content (AvgIpc) is 2.98. The summed E-state index contributed by atoms with van der Waals surface area (Å²) in [4.78, 5) is 43.7. The molecule has 0 aliphatic carbocycles. The molecular formula is C24H28N4O3. The standard InChI is InChI=1S/C24H28N4O3/c1-17-8-9-20(18(2)14-17)25-24(31)26-11-10-21-23(30)27(15-19-6-4-3-5-7-19)16-22(29)28(21)13-12-26/h3-9,14,21H,10-13,15-16H2,1-2H3,(H,25,31). The highest BCUT2D eigenvalue weighted by Crippen LogP contribution is 2.22. The quantitative estimate of drug-likeness (QED) is 0.830. The predicted molar refractivity (Wildman–Crippen MR) is 118 cm³/mol. The van der Waals surface area contributed by atoms with Gasteiger partial charge in [-0.2, -0.15) is 0 Å². The van der Waals surface area contributed by atoms with Gasteiger partial charge in [-0.25, -0.2) is 4.79 Å². The van der Waals surface area contributed by atoms with Crippen LogP contribution in [0.15, 0.2) is 48.5 Å². The van der Waals surface area contributed by atoms with Crippen molar-refractivity contribution in [1.29, 1.82) is 0 Å². The summed E-state index contributed by atoms with van der Waals surface area (Å²) in [7, 11) is 0. The van der Waals surface area contributed by atoms with E-state index in [9.17, 15) is 14.4 Å². The molecule has 1 unspecified atom stereocenters. The first-order valence-corrected chi connectivity index (χ1v) is 10.7. The van der Waals surface area contributed by atoms with Gasteiger partial charge in [-0.1, -0.05) is 48.0 Å². The van der Waals surface area contributed by atoms with Gasteiger partial charge in [0.05, 0.1) is 0 Å². The number of hydrogen-bond donors (Lipinski definition) is 1. The number of nitrogens with one attached hydrogen (secondary N) is 1. The number of nitrogens with zero attached hydrogens (tertiary/aromatic N) is 3. The van der Waals surface area contributed by atoms with Crippen molar-refractivity contribution in [3.05, 3.63) is 65.2 Å². The van der Waals surface area contributed by atoms with Gasteiger partial charge in [-0.15, -0.1) is 0 Å². The molecule has 7 nitrogen and oxygen atoms in total. The second-order valence-electron chi connectivity index (χ2n) is 8.31. The van der Waals surface area contributed by atoms with Gasteiger partial charge in [0.2, 0.25) is 11.8 Å². The second-order valence-corrected chi connectivity index (χ2v) is 8.31. The zero-order valence-corrected chi connectivity index (χ0v) is 18.0. The molecule has 0 saturated carbocycles. The molecule has 2 aromatic rings. The lowest BCUT2D eigenvalue weighted by Crippen LogP contribution is -2.59. The summed E-state index contributed by atoms with van der Waals surface area (Å²) in [5.41, 5.74) is 3.92. The monoisotopic (exact) mass is 420 g/mol. The fraction of sp³-hybridized carbons (Fsp3) is 0.375. The largest absolute Gasteiger partial charge is 0.327 e. The topological polar surface area (TPSA) is 73.0 Å². The normalized spacial score (nSPS) is 19.2. The fourth-order valence-electron chi connectivity index (χ4n) is 4.32. The molecule has 2 heterocycles. The molecule has 2 aliphatic rings. The summed E-state index contributed by atoms with van der Waals surface area (Å²) in [6.07, 6.45) is 0.441. The van der Waals surface area contributed by atoms with Gasteiger partial charge in [0.1, 0.15) is 12.6 Å². The van der Waals surface area contributed by atoms with Crippen molar-refractivity contribution >= 4 is 23.5 Å². The van der Waals surface area contributed by atoms with E-state index in [4.69, 9.17) is 0 Å². The van der Waals surface area contributed by atoms with E-state index in [1.54, 1.807) is 14.7 Å². The van der Waals surface area contributed by atoms with E-state index in [0.717, 1.165) is 22.4 Å². The molecule has 2 aromatic carbocycles. The highest BCUT2D eigenvalue weighted by atomic mass is 16.2. The number of anilines is 1. The number of fused-ring (bicyclic) bond motifs is 1. The number of carbonyl (C=O) groups excluding carboxylic acids is 3. The minimum absolute atomic E-state index is 0.0416. The molecule has 2 fully saturated rings. The Kier molecular flexibility index (Phi) is 5.93. The summed E-state index contributed by atoms with van der Waals surface area (Å²) in [5, 5.41) is 2.97. The molecule has 31 heavy (non-hydrogen) atoms. The van der Waals surface area contributed by atoms with Crippen LogP contribution in [0.3, 0.4) is 0 Å². The second kappa shape index (κ2) is 8.79. The van der Waals surface area contributed by atoms with Crippen molar-refractivity contribution in [3.8, 4) is 0 Å². The zero-order valence-electron chi connectivity index (χ0n) is 18.0. The van der Waals surface area contributed by atoms with Gasteiger partial charge >= 0.3 is 6.03 Å². The van der Waals surface area contributed by atoms with Crippen LogP contribution in [0, 0.1) is 13.8 Å². The van der Waals surface area contributed by atoms with Crippen LogP contribution >= 0.6 is 0 Å². The Balaban J connectivity index is 1.43. The van der Waals surface area contributed by atoms with E-state index in [1.807, 2.05) is 62.4 Å². The Morgan fingerprint density at radius 3 is 2.55 bits per heavy atom. The van der Waals surface area contributed by atoms with Crippen LogP contribution in [0.2, 0.25) is 0 Å². The lowest BCUT2D eigenvalue weighted by molar-refractivity contribution is -0.156. The number of hydrogen-bond acceptors (Lipinski definition) is 3. The maximum atomic E-state index is 13.1. The number of aryl methyl sites for hydroxylation is 2. The summed E-state index contributed by atoms with van der Waals surface area (Å²) < 4.78 is 0. The summed E-state index contributed by atoms with van der Waals surface area (Å²) >= 11 is 0. The Morgan fingerprint density at radius 1 is 1.03 bits per heavy atom. The highest BCUT2D eigenvalue weighted by Gasteiger charge is 2.41. The maximum absolute atomic E-state index is 13.1. The van der Waals surface area contributed by atoms with Crippen molar-refractivity contribution in [2.75, 3.05) is 31.5 Å². The lowest BCUT2D eigenvalue weighted by Gasteiger charge is -2.39. The summed E-state index contributed by atoms with van der Waals surface area (Å²) in [6, 6.07) is 14.9. The number of piperazine rings is 1. The van der Waals surface area contributed by atoms with Gasteiger partial charge in [-0.3, -0.25) is 9.59 Å². The van der Waals surface area contributed by atoms with Crippen LogP contribution in [0.5, 0.6) is 0 Å². The van der Waals surface area contributed by atoms with E-state index in [-0.39, 0.29) is 24.4 Å². The molecule has 2 saturated heterocycles. The summed E-state index contributed by atoms with van der Waals surface area (Å²) in [5.74, 6) is -0.0998. The Bertz CT molecular complexity index is 992. The number of rotatable bonds is 3. The van der Waals surface area contributed by atoms with Gasteiger partial charge in [0, 0.05) is 31.9 Å². The van der Waals surface area contributed by atoms with Crippen LogP contribution < -0.4 is 5.32 Å². The molecule has 0 aromatic heterocycles. The molecule has 1 atom stereocenters. The van der Waals surface area contributed by atoms with E-state index in [2.05, 4.69) is 5.32 Å². The maximum Gasteiger partial charge on any atom is 0.321 e. The Morgan fingerprint density at radius 2 is 1.81 bits per heavy atom. The third kappa shape index (κ3) is 4.55. The van der Waals surface area contributed by atoms with E-state index in [0.29, 0.717) is 32.6 Å². The zero-order chi connectivity index (χ0) is 22.0. The molecule has 0 spiro atoms. The minimum Gasteiger partial charge on any atom is -0.327 e. The molecule has 162 valence electrons. The highest BCUT2D eigenvalue weighted by molar-refractivity contribution is 5.95. The molecular weight excluding hydrogens is 392 g/mol. The van der Waals surface area contributed by atoms with Crippen LogP contribution in [0.25, 0.3) is 0 Å². The third-order valence-electron chi connectivity index (χ3n) is 6.03. The Labute approximate surface area is 182 Å². The van der Waals surface area contributed by atoms with Crippen LogP contribution in [0.4, 0.5) is 10.5 Å². The average molecular weight is 421 g/mol. The fourth-order valence-corrected chi connectivity index (χ4v) is 4.32. The number of benzene rings is 2.